The van der Waals surface area contributed by atoms with Gasteiger partial charge in [0.1, 0.15) is 0 Å². The van der Waals surface area contributed by atoms with Crippen LogP contribution < -0.4 is 5.32 Å². The van der Waals surface area contributed by atoms with Gasteiger partial charge in [-0.05, 0) is 42.5 Å². The first kappa shape index (κ1) is 19.7. The fourth-order valence-electron chi connectivity index (χ4n) is 2.85. The van der Waals surface area contributed by atoms with Crippen LogP contribution in [0.5, 0.6) is 0 Å². The number of hydrogen-bond acceptors (Lipinski definition) is 4. The molecule has 4 rings (SSSR count). The summed E-state index contributed by atoms with van der Waals surface area (Å²) in [5, 5.41) is 6.97. The molecule has 30 heavy (non-hydrogen) atoms. The van der Waals surface area contributed by atoms with Crippen molar-refractivity contribution in [2.24, 2.45) is 0 Å². The van der Waals surface area contributed by atoms with Crippen molar-refractivity contribution in [3.8, 4) is 11.3 Å². The van der Waals surface area contributed by atoms with E-state index in [0.29, 0.717) is 11.5 Å². The molecule has 0 saturated heterocycles. The van der Waals surface area contributed by atoms with Crippen LogP contribution in [0.2, 0.25) is 0 Å². The zero-order valence-electron chi connectivity index (χ0n) is 14.8. The molecule has 154 valence electrons. The molecule has 0 bridgehead atoms. The minimum atomic E-state index is -4.58. The minimum Gasteiger partial charge on any atom is -0.339 e. The predicted octanol–water partition coefficient (Wildman–Crippen LogP) is 5.57. The highest BCUT2D eigenvalue weighted by Crippen LogP contribution is 2.36. The van der Waals surface area contributed by atoms with Gasteiger partial charge >= 0.3 is 12.4 Å². The van der Waals surface area contributed by atoms with Gasteiger partial charge in [-0.25, -0.2) is 4.98 Å². The summed E-state index contributed by atoms with van der Waals surface area (Å²) < 4.78 is 79.0. The van der Waals surface area contributed by atoms with Gasteiger partial charge in [-0.2, -0.15) is 36.0 Å². The second-order valence-corrected chi connectivity index (χ2v) is 6.26. The predicted molar refractivity (Wildman–Crippen MR) is 95.9 cm³/mol. The summed E-state index contributed by atoms with van der Waals surface area (Å²) >= 11 is 0. The quantitative estimate of drug-likeness (QED) is 0.438. The van der Waals surface area contributed by atoms with Crippen LogP contribution >= 0.6 is 0 Å². The number of pyridine rings is 1. The second-order valence-electron chi connectivity index (χ2n) is 6.26. The maximum atomic E-state index is 13.2. The largest absolute Gasteiger partial charge is 0.418 e. The maximum Gasteiger partial charge on any atom is 0.418 e. The molecular formula is C19H11F6N5. The molecular weight excluding hydrogens is 412 g/mol. The van der Waals surface area contributed by atoms with Gasteiger partial charge in [0.15, 0.2) is 11.5 Å². The van der Waals surface area contributed by atoms with Gasteiger partial charge in [0.25, 0.3) is 0 Å². The maximum absolute atomic E-state index is 13.2. The lowest BCUT2D eigenvalue weighted by Gasteiger charge is -2.12. The Hall–Kier alpha value is -3.63. The molecule has 0 amide bonds. The number of halogens is 6. The molecule has 0 saturated carbocycles. The Bertz CT molecular complexity index is 1190. The molecule has 0 radical (unpaired) electrons. The lowest BCUT2D eigenvalue weighted by Crippen LogP contribution is -2.08. The van der Waals surface area contributed by atoms with Crippen LogP contribution in [0.3, 0.4) is 0 Å². The van der Waals surface area contributed by atoms with E-state index in [9.17, 15) is 26.3 Å². The van der Waals surface area contributed by atoms with Gasteiger partial charge in [-0.1, -0.05) is 0 Å². The van der Waals surface area contributed by atoms with E-state index in [1.54, 1.807) is 0 Å². The number of hydrogen-bond donors (Lipinski definition) is 1. The van der Waals surface area contributed by atoms with Gasteiger partial charge in [-0.15, -0.1) is 0 Å². The normalized spacial score (nSPS) is 12.3. The third kappa shape index (κ3) is 3.78. The molecule has 1 aromatic carbocycles. The number of rotatable bonds is 3. The highest BCUT2D eigenvalue weighted by atomic mass is 19.4. The van der Waals surface area contributed by atoms with E-state index < -0.39 is 23.5 Å². The molecule has 3 heterocycles. The topological polar surface area (TPSA) is 55.1 Å². The van der Waals surface area contributed by atoms with Crippen LogP contribution in [-0.4, -0.2) is 19.6 Å². The minimum absolute atomic E-state index is 0.127. The average molecular weight is 423 g/mol. The lowest BCUT2D eigenvalue weighted by atomic mass is 10.1. The van der Waals surface area contributed by atoms with Gasteiger partial charge in [-0.3, -0.25) is 4.98 Å². The van der Waals surface area contributed by atoms with Gasteiger partial charge in [0, 0.05) is 17.4 Å². The summed E-state index contributed by atoms with van der Waals surface area (Å²) in [7, 11) is 0. The average Bonchev–Trinajstić information content (AvgIpc) is 3.09. The lowest BCUT2D eigenvalue weighted by molar-refractivity contribution is -0.138. The van der Waals surface area contributed by atoms with Crippen LogP contribution in [0.15, 0.2) is 61.1 Å². The summed E-state index contributed by atoms with van der Waals surface area (Å²) in [5.41, 5.74) is -1.24. The van der Waals surface area contributed by atoms with Gasteiger partial charge in [0.2, 0.25) is 0 Å². The number of nitrogens with zero attached hydrogens (tertiary/aromatic N) is 4. The Morgan fingerprint density at radius 2 is 1.57 bits per heavy atom. The molecule has 0 aliphatic rings. The summed E-state index contributed by atoms with van der Waals surface area (Å²) in [6, 6.07) is 7.87. The van der Waals surface area contributed by atoms with Gasteiger partial charge in [0.05, 0.1) is 29.2 Å². The number of nitrogens with one attached hydrogen (secondary N) is 1. The fraction of sp³-hybridized carbons (Fsp3) is 0.105. The van der Waals surface area contributed by atoms with Crippen LogP contribution in [0, 0.1) is 0 Å². The molecule has 0 fully saturated rings. The van der Waals surface area contributed by atoms with E-state index in [2.05, 4.69) is 20.4 Å². The van der Waals surface area contributed by atoms with E-state index in [4.69, 9.17) is 0 Å². The van der Waals surface area contributed by atoms with Gasteiger partial charge < -0.3 is 5.32 Å². The summed E-state index contributed by atoms with van der Waals surface area (Å²) in [5.74, 6) is 0.327. The number of anilines is 2. The molecule has 4 aromatic rings. The Balaban J connectivity index is 1.66. The second kappa shape index (κ2) is 7.01. The molecule has 11 heteroatoms. The molecule has 0 aliphatic heterocycles. The third-order valence-corrected chi connectivity index (χ3v) is 4.23. The van der Waals surface area contributed by atoms with E-state index >= 15 is 0 Å². The van der Waals surface area contributed by atoms with Crippen molar-refractivity contribution < 1.29 is 26.3 Å². The molecule has 0 spiro atoms. The number of alkyl halides is 6. The van der Waals surface area contributed by atoms with Crippen LogP contribution in [-0.2, 0) is 12.4 Å². The van der Waals surface area contributed by atoms with E-state index in [1.807, 2.05) is 0 Å². The first-order valence-electron chi connectivity index (χ1n) is 8.43. The molecule has 0 unspecified atom stereocenters. The number of aromatic nitrogens is 4. The fourth-order valence-corrected chi connectivity index (χ4v) is 2.85. The SMILES string of the molecule is FC(F)(F)c1ccc(Nc2cnc3cc(-c4ncccc4C(F)(F)F)cnn23)cc1. The Labute approximate surface area is 165 Å². The summed E-state index contributed by atoms with van der Waals surface area (Å²) in [6.07, 6.45) is -5.20. The zero-order chi connectivity index (χ0) is 21.5. The van der Waals surface area contributed by atoms with Crippen LogP contribution in [0.25, 0.3) is 16.9 Å². The number of imidazole rings is 1. The van der Waals surface area contributed by atoms with E-state index in [0.717, 1.165) is 18.2 Å². The molecule has 5 nitrogen and oxygen atoms in total. The number of benzene rings is 1. The highest BCUT2D eigenvalue weighted by Gasteiger charge is 2.34. The van der Waals surface area contributed by atoms with Crippen molar-refractivity contribution in [2.75, 3.05) is 5.32 Å². The first-order valence-corrected chi connectivity index (χ1v) is 8.43. The van der Waals surface area contributed by atoms with E-state index in [1.165, 1.54) is 47.4 Å². The Morgan fingerprint density at radius 1 is 0.833 bits per heavy atom. The Morgan fingerprint density at radius 3 is 2.23 bits per heavy atom. The molecule has 0 atom stereocenters. The number of fused-ring (bicyclic) bond motifs is 1. The van der Waals surface area contributed by atoms with E-state index in [-0.39, 0.29) is 16.9 Å². The van der Waals surface area contributed by atoms with Crippen LogP contribution in [0.4, 0.5) is 37.8 Å². The Kier molecular flexibility index (Phi) is 4.60. The van der Waals surface area contributed by atoms with Crippen molar-refractivity contribution in [2.45, 2.75) is 12.4 Å². The molecule has 3 aromatic heterocycles. The first-order chi connectivity index (χ1) is 14.1. The smallest absolute Gasteiger partial charge is 0.339 e. The van der Waals surface area contributed by atoms with Crippen molar-refractivity contribution in [1.82, 2.24) is 19.6 Å². The summed E-state index contributed by atoms with van der Waals surface area (Å²) in [4.78, 5) is 7.92. The molecule has 1 N–H and O–H groups in total. The third-order valence-electron chi connectivity index (χ3n) is 4.23. The van der Waals surface area contributed by atoms with Crippen molar-refractivity contribution in [1.29, 1.82) is 0 Å². The zero-order valence-corrected chi connectivity index (χ0v) is 14.8. The monoisotopic (exact) mass is 423 g/mol. The van der Waals surface area contributed by atoms with Crippen molar-refractivity contribution in [3.63, 3.8) is 0 Å². The van der Waals surface area contributed by atoms with Crippen molar-refractivity contribution in [3.05, 3.63) is 72.2 Å². The molecule has 0 aliphatic carbocycles. The standard InChI is InChI=1S/C19H11F6N5/c20-18(21,22)12-3-5-13(6-4-12)29-16-10-27-15-8-11(9-28-30(15)16)17-14(19(23,24)25)2-1-7-26-17/h1-10,29H. The summed E-state index contributed by atoms with van der Waals surface area (Å²) in [6.45, 7) is 0. The highest BCUT2D eigenvalue weighted by molar-refractivity contribution is 5.68. The van der Waals surface area contributed by atoms with Crippen LogP contribution in [0.1, 0.15) is 11.1 Å². The van der Waals surface area contributed by atoms with Crippen molar-refractivity contribution >= 4 is 17.2 Å².